The molecule has 1 amide bonds. The van der Waals surface area contributed by atoms with E-state index in [9.17, 15) is 4.79 Å². The Kier molecular flexibility index (Phi) is 3.56. The molecule has 1 aliphatic carbocycles. The Morgan fingerprint density at radius 3 is 2.93 bits per heavy atom. The lowest BCUT2D eigenvalue weighted by molar-refractivity contribution is -0.126. The molecule has 1 heterocycles. The lowest BCUT2D eigenvalue weighted by Crippen LogP contribution is -2.52. The van der Waals surface area contributed by atoms with Crippen LogP contribution >= 0.6 is 0 Å². The third-order valence-electron chi connectivity index (χ3n) is 3.01. The number of aliphatic hydroxyl groups is 1. The predicted octanol–water partition coefficient (Wildman–Crippen LogP) is -1.14. The van der Waals surface area contributed by atoms with Crippen LogP contribution in [0.1, 0.15) is 12.8 Å². The molecule has 0 radical (unpaired) electrons. The van der Waals surface area contributed by atoms with Crippen LogP contribution in [-0.2, 0) is 9.53 Å². The van der Waals surface area contributed by atoms with Gasteiger partial charge in [-0.1, -0.05) is 0 Å². The first-order valence-electron chi connectivity index (χ1n) is 5.52. The smallest absolute Gasteiger partial charge is 0.239 e. The summed E-state index contributed by atoms with van der Waals surface area (Å²) in [5.74, 6) is 0.463. The van der Waals surface area contributed by atoms with E-state index in [4.69, 9.17) is 9.84 Å². The van der Waals surface area contributed by atoms with Crippen molar-refractivity contribution in [3.05, 3.63) is 0 Å². The molecule has 0 aromatic heterocycles. The van der Waals surface area contributed by atoms with Gasteiger partial charge in [0.25, 0.3) is 0 Å². The van der Waals surface area contributed by atoms with Crippen molar-refractivity contribution in [2.24, 2.45) is 5.92 Å². The fourth-order valence-electron chi connectivity index (χ4n) is 1.97. The normalized spacial score (nSPS) is 35.7. The average molecular weight is 214 g/mol. The van der Waals surface area contributed by atoms with Gasteiger partial charge in [0.1, 0.15) is 6.04 Å². The average Bonchev–Trinajstić information content (AvgIpc) is 2.23. The van der Waals surface area contributed by atoms with Gasteiger partial charge >= 0.3 is 0 Å². The van der Waals surface area contributed by atoms with Crippen LogP contribution in [0, 0.1) is 5.92 Å². The summed E-state index contributed by atoms with van der Waals surface area (Å²) in [5, 5.41) is 15.1. The molecule has 0 aromatic rings. The number of carbonyl (C=O) groups is 1. The number of morpholine rings is 1. The Hall–Kier alpha value is -0.650. The molecule has 1 aliphatic heterocycles. The highest BCUT2D eigenvalue weighted by molar-refractivity contribution is 5.81. The lowest BCUT2D eigenvalue weighted by atomic mass is 9.82. The quantitative estimate of drug-likeness (QED) is 0.555. The van der Waals surface area contributed by atoms with Crippen molar-refractivity contribution in [1.82, 2.24) is 10.6 Å². The Bertz CT molecular complexity index is 223. The second kappa shape index (κ2) is 4.92. The number of carbonyl (C=O) groups excluding carboxylic acids is 1. The van der Waals surface area contributed by atoms with Crippen LogP contribution in [0.2, 0.25) is 0 Å². The molecule has 86 valence electrons. The number of aliphatic hydroxyl groups excluding tert-OH is 1. The fourth-order valence-corrected chi connectivity index (χ4v) is 1.97. The maximum atomic E-state index is 11.6. The van der Waals surface area contributed by atoms with Crippen LogP contribution < -0.4 is 10.6 Å². The highest BCUT2D eigenvalue weighted by Gasteiger charge is 2.28. The van der Waals surface area contributed by atoms with Crippen LogP contribution in [0.5, 0.6) is 0 Å². The number of nitrogens with one attached hydrogen (secondary N) is 2. The minimum Gasteiger partial charge on any atom is -0.393 e. The molecule has 1 saturated heterocycles. The molecule has 5 nitrogen and oxygen atoms in total. The molecule has 1 saturated carbocycles. The van der Waals surface area contributed by atoms with Gasteiger partial charge in [-0.3, -0.25) is 4.79 Å². The molecule has 1 unspecified atom stereocenters. The van der Waals surface area contributed by atoms with E-state index in [2.05, 4.69) is 10.6 Å². The number of hydrogen-bond acceptors (Lipinski definition) is 4. The largest absolute Gasteiger partial charge is 0.393 e. The maximum Gasteiger partial charge on any atom is 0.239 e. The second-order valence-corrected chi connectivity index (χ2v) is 4.32. The molecule has 2 fully saturated rings. The standard InChI is InChI=1S/C10H18N2O3/c13-8-3-7(4-8)5-12-10(14)9-6-15-2-1-11-9/h7-9,11,13H,1-6H2,(H,12,14). The van der Waals surface area contributed by atoms with Crippen LogP contribution in [0.3, 0.4) is 0 Å². The molecular weight excluding hydrogens is 196 g/mol. The number of ether oxygens (including phenoxy) is 1. The first kappa shape index (κ1) is 10.9. The minimum atomic E-state index is -0.205. The highest BCUT2D eigenvalue weighted by Crippen LogP contribution is 2.25. The molecule has 0 aromatic carbocycles. The zero-order chi connectivity index (χ0) is 10.7. The molecule has 0 bridgehead atoms. The van der Waals surface area contributed by atoms with Gasteiger partial charge in [-0.25, -0.2) is 0 Å². The van der Waals surface area contributed by atoms with Gasteiger partial charge in [0.15, 0.2) is 0 Å². The van der Waals surface area contributed by atoms with Crippen molar-refractivity contribution in [3.8, 4) is 0 Å². The van der Waals surface area contributed by atoms with Gasteiger partial charge in [0.05, 0.1) is 19.3 Å². The van der Waals surface area contributed by atoms with Gasteiger partial charge in [-0.2, -0.15) is 0 Å². The molecule has 2 aliphatic rings. The van der Waals surface area contributed by atoms with E-state index in [0.717, 1.165) is 19.4 Å². The van der Waals surface area contributed by atoms with Crippen molar-refractivity contribution in [2.45, 2.75) is 25.0 Å². The van der Waals surface area contributed by atoms with Crippen molar-refractivity contribution >= 4 is 5.91 Å². The van der Waals surface area contributed by atoms with E-state index in [-0.39, 0.29) is 18.1 Å². The first-order chi connectivity index (χ1) is 7.25. The molecule has 15 heavy (non-hydrogen) atoms. The van der Waals surface area contributed by atoms with E-state index in [1.807, 2.05) is 0 Å². The molecular formula is C10H18N2O3. The van der Waals surface area contributed by atoms with E-state index in [1.165, 1.54) is 0 Å². The fraction of sp³-hybridized carbons (Fsp3) is 0.900. The van der Waals surface area contributed by atoms with E-state index in [0.29, 0.717) is 25.7 Å². The number of rotatable bonds is 3. The Balaban J connectivity index is 1.63. The van der Waals surface area contributed by atoms with Crippen molar-refractivity contribution in [2.75, 3.05) is 26.3 Å². The summed E-state index contributed by atoms with van der Waals surface area (Å²) in [6.45, 7) is 2.55. The van der Waals surface area contributed by atoms with E-state index in [1.54, 1.807) is 0 Å². The predicted molar refractivity (Wildman–Crippen MR) is 54.4 cm³/mol. The van der Waals surface area contributed by atoms with E-state index < -0.39 is 0 Å². The maximum absolute atomic E-state index is 11.6. The molecule has 5 heteroatoms. The van der Waals surface area contributed by atoms with Gasteiger partial charge in [0, 0.05) is 13.1 Å². The summed E-state index contributed by atoms with van der Waals surface area (Å²) in [6.07, 6.45) is 1.48. The van der Waals surface area contributed by atoms with Gasteiger partial charge in [0.2, 0.25) is 5.91 Å². The van der Waals surface area contributed by atoms with Crippen molar-refractivity contribution in [1.29, 1.82) is 0 Å². The molecule has 3 N–H and O–H groups in total. The summed E-state index contributed by atoms with van der Waals surface area (Å²) in [7, 11) is 0. The van der Waals surface area contributed by atoms with Gasteiger partial charge in [-0.05, 0) is 18.8 Å². The minimum absolute atomic E-state index is 0.0103. The first-order valence-corrected chi connectivity index (χ1v) is 5.52. The Morgan fingerprint density at radius 2 is 2.33 bits per heavy atom. The van der Waals surface area contributed by atoms with Gasteiger partial charge in [-0.15, -0.1) is 0 Å². The summed E-state index contributed by atoms with van der Waals surface area (Å²) in [6, 6.07) is -0.205. The third-order valence-corrected chi connectivity index (χ3v) is 3.01. The lowest BCUT2D eigenvalue weighted by Gasteiger charge is -2.32. The highest BCUT2D eigenvalue weighted by atomic mass is 16.5. The molecule has 0 spiro atoms. The molecule has 2 rings (SSSR count). The SMILES string of the molecule is O=C(NCC1CC(O)C1)C1COCCN1. The topological polar surface area (TPSA) is 70.6 Å². The zero-order valence-corrected chi connectivity index (χ0v) is 8.74. The van der Waals surface area contributed by atoms with Crippen LogP contribution in [0.4, 0.5) is 0 Å². The third kappa shape index (κ3) is 2.90. The van der Waals surface area contributed by atoms with E-state index >= 15 is 0 Å². The van der Waals surface area contributed by atoms with Crippen LogP contribution in [0.15, 0.2) is 0 Å². The van der Waals surface area contributed by atoms with Gasteiger partial charge < -0.3 is 20.5 Å². The van der Waals surface area contributed by atoms with Crippen molar-refractivity contribution in [3.63, 3.8) is 0 Å². The Morgan fingerprint density at radius 1 is 1.53 bits per heavy atom. The second-order valence-electron chi connectivity index (χ2n) is 4.32. The summed E-state index contributed by atoms with van der Waals surface area (Å²) in [4.78, 5) is 11.6. The van der Waals surface area contributed by atoms with Crippen LogP contribution in [0.25, 0.3) is 0 Å². The number of amides is 1. The van der Waals surface area contributed by atoms with Crippen molar-refractivity contribution < 1.29 is 14.6 Å². The summed E-state index contributed by atoms with van der Waals surface area (Å²) >= 11 is 0. The summed E-state index contributed by atoms with van der Waals surface area (Å²) < 4.78 is 5.20. The monoisotopic (exact) mass is 214 g/mol. The molecule has 1 atom stereocenters. The summed E-state index contributed by atoms with van der Waals surface area (Å²) in [5.41, 5.74) is 0. The zero-order valence-electron chi connectivity index (χ0n) is 8.74. The number of hydrogen-bond donors (Lipinski definition) is 3. The Labute approximate surface area is 89.2 Å². The van der Waals surface area contributed by atoms with Crippen LogP contribution in [-0.4, -0.2) is 49.5 Å².